The van der Waals surface area contributed by atoms with Crippen LogP contribution in [0.15, 0.2) is 30.3 Å². The van der Waals surface area contributed by atoms with E-state index in [0.717, 1.165) is 5.56 Å². The van der Waals surface area contributed by atoms with Gasteiger partial charge in [-0.05, 0) is 25.8 Å². The molecule has 0 aliphatic carbocycles. The van der Waals surface area contributed by atoms with Crippen LogP contribution in [0.1, 0.15) is 19.4 Å². The molecule has 0 saturated heterocycles. The average Bonchev–Trinajstić information content (AvgIpc) is 2.69. The highest BCUT2D eigenvalue weighted by Gasteiger charge is 2.30. The van der Waals surface area contributed by atoms with Crippen LogP contribution in [0, 0.1) is 0 Å². The molecule has 0 spiro atoms. The second kappa shape index (κ2) is 12.2. The molecule has 1 aromatic rings. The molecular formula is C19H28N4O6S. The summed E-state index contributed by atoms with van der Waals surface area (Å²) in [5.74, 6) is -3.60. The molecular weight excluding hydrogens is 412 g/mol. The predicted molar refractivity (Wildman–Crippen MR) is 113 cm³/mol. The first-order chi connectivity index (χ1) is 14.1. The molecule has 0 heterocycles. The van der Waals surface area contributed by atoms with E-state index in [9.17, 15) is 24.3 Å². The number of nitrogens with two attached hydrogens (primary N) is 1. The number of carboxylic acid groups (broad SMARTS) is 1. The Bertz CT molecular complexity index is 746. The Labute approximate surface area is 180 Å². The van der Waals surface area contributed by atoms with Crippen molar-refractivity contribution in [3.05, 3.63) is 35.9 Å². The van der Waals surface area contributed by atoms with Gasteiger partial charge in [-0.1, -0.05) is 30.3 Å². The van der Waals surface area contributed by atoms with Crippen molar-refractivity contribution in [1.82, 2.24) is 16.0 Å². The number of aliphatic hydroxyl groups excluding tert-OH is 1. The second-order valence-electron chi connectivity index (χ2n) is 6.84. The van der Waals surface area contributed by atoms with E-state index in [1.807, 2.05) is 18.2 Å². The van der Waals surface area contributed by atoms with E-state index in [4.69, 9.17) is 10.8 Å². The fraction of sp³-hybridized carbons (Fsp3) is 0.474. The van der Waals surface area contributed by atoms with E-state index in [1.54, 1.807) is 12.1 Å². The lowest BCUT2D eigenvalue weighted by molar-refractivity contribution is -0.141. The third-order valence-electron chi connectivity index (χ3n) is 4.25. The number of carbonyl (C=O) groups is 4. The number of hydrogen-bond donors (Lipinski definition) is 7. The van der Waals surface area contributed by atoms with Crippen molar-refractivity contribution in [1.29, 1.82) is 0 Å². The lowest BCUT2D eigenvalue weighted by atomic mass is 10.0. The fourth-order valence-electron chi connectivity index (χ4n) is 2.48. The van der Waals surface area contributed by atoms with Crippen molar-refractivity contribution in [2.45, 2.75) is 50.5 Å². The molecule has 7 N–H and O–H groups in total. The summed E-state index contributed by atoms with van der Waals surface area (Å²) in [5.41, 5.74) is 6.73. The molecule has 1 rings (SSSR count). The third-order valence-corrected chi connectivity index (χ3v) is 4.61. The van der Waals surface area contributed by atoms with E-state index in [0.29, 0.717) is 0 Å². The Morgan fingerprint density at radius 3 is 2.10 bits per heavy atom. The minimum Gasteiger partial charge on any atom is -0.480 e. The Hall–Kier alpha value is -2.63. The maximum atomic E-state index is 12.5. The number of amides is 3. The Morgan fingerprint density at radius 2 is 1.60 bits per heavy atom. The quantitative estimate of drug-likeness (QED) is 0.204. The van der Waals surface area contributed by atoms with Crippen LogP contribution in [0.3, 0.4) is 0 Å². The van der Waals surface area contributed by atoms with Crippen LogP contribution in [0.5, 0.6) is 0 Å². The molecule has 0 aromatic heterocycles. The molecule has 5 unspecified atom stereocenters. The first-order valence-electron chi connectivity index (χ1n) is 9.29. The Kier molecular flexibility index (Phi) is 10.3. The van der Waals surface area contributed by atoms with Gasteiger partial charge in [0.25, 0.3) is 0 Å². The van der Waals surface area contributed by atoms with E-state index in [1.165, 1.54) is 13.8 Å². The summed E-state index contributed by atoms with van der Waals surface area (Å²) in [4.78, 5) is 47.9. The molecule has 0 saturated carbocycles. The summed E-state index contributed by atoms with van der Waals surface area (Å²) >= 11 is 3.84. The zero-order chi connectivity index (χ0) is 22.8. The molecule has 0 aliphatic heterocycles. The van der Waals surface area contributed by atoms with Gasteiger partial charge in [0.05, 0.1) is 12.1 Å². The van der Waals surface area contributed by atoms with E-state index in [2.05, 4.69) is 28.6 Å². The van der Waals surface area contributed by atoms with Crippen LogP contribution in [0.25, 0.3) is 0 Å². The minimum absolute atomic E-state index is 0.132. The summed E-state index contributed by atoms with van der Waals surface area (Å²) in [5, 5.41) is 25.8. The summed E-state index contributed by atoms with van der Waals surface area (Å²) in [6.07, 6.45) is -1.03. The largest absolute Gasteiger partial charge is 0.480 e. The van der Waals surface area contributed by atoms with Crippen LogP contribution in [0.4, 0.5) is 0 Å². The number of rotatable bonds is 11. The molecule has 11 heteroatoms. The van der Waals surface area contributed by atoms with Gasteiger partial charge in [0.2, 0.25) is 17.7 Å². The Balaban J connectivity index is 2.70. The number of carbonyl (C=O) groups excluding carboxylic acids is 3. The first kappa shape index (κ1) is 25.4. The summed E-state index contributed by atoms with van der Waals surface area (Å²) in [7, 11) is 0. The zero-order valence-electron chi connectivity index (χ0n) is 16.7. The molecule has 3 amide bonds. The standard InChI is InChI=1S/C19H28N4O6S/c1-10(16(25)22-14(9-30)19(28)29)21-18(27)15(11(2)24)23-17(26)13(20)8-12-6-4-3-5-7-12/h3-7,10-11,13-15,24,30H,8-9,20H2,1-2H3,(H,21,27)(H,22,25)(H,23,26)(H,28,29). The number of aliphatic hydroxyl groups is 1. The molecule has 0 radical (unpaired) electrons. The van der Waals surface area contributed by atoms with Gasteiger partial charge in [-0.2, -0.15) is 12.6 Å². The molecule has 30 heavy (non-hydrogen) atoms. The molecule has 0 fully saturated rings. The van der Waals surface area contributed by atoms with E-state index >= 15 is 0 Å². The van der Waals surface area contributed by atoms with Crippen molar-refractivity contribution in [2.24, 2.45) is 5.73 Å². The van der Waals surface area contributed by atoms with Gasteiger partial charge in [0.15, 0.2) is 0 Å². The summed E-state index contributed by atoms with van der Waals surface area (Å²) in [6, 6.07) is 4.42. The fourth-order valence-corrected chi connectivity index (χ4v) is 2.72. The number of nitrogens with one attached hydrogen (secondary N) is 3. The molecule has 166 valence electrons. The molecule has 1 aromatic carbocycles. The van der Waals surface area contributed by atoms with Gasteiger partial charge in [0, 0.05) is 5.75 Å². The number of carboxylic acids is 1. The second-order valence-corrected chi connectivity index (χ2v) is 7.20. The van der Waals surface area contributed by atoms with Crippen molar-refractivity contribution in [3.63, 3.8) is 0 Å². The van der Waals surface area contributed by atoms with Gasteiger partial charge in [-0.3, -0.25) is 14.4 Å². The predicted octanol–water partition coefficient (Wildman–Crippen LogP) is -1.57. The zero-order valence-corrected chi connectivity index (χ0v) is 17.6. The maximum absolute atomic E-state index is 12.5. The number of benzene rings is 1. The van der Waals surface area contributed by atoms with Gasteiger partial charge in [-0.25, -0.2) is 4.79 Å². The number of hydrogen-bond acceptors (Lipinski definition) is 7. The van der Waals surface area contributed by atoms with Crippen LogP contribution in [-0.2, 0) is 25.6 Å². The van der Waals surface area contributed by atoms with Crippen LogP contribution < -0.4 is 21.7 Å². The normalized spacial score (nSPS) is 15.8. The van der Waals surface area contributed by atoms with E-state index < -0.39 is 54.0 Å². The van der Waals surface area contributed by atoms with Crippen LogP contribution in [-0.4, -0.2) is 69.9 Å². The lowest BCUT2D eigenvalue weighted by Gasteiger charge is -2.25. The molecule has 0 aliphatic rings. The van der Waals surface area contributed by atoms with Crippen molar-refractivity contribution >= 4 is 36.3 Å². The first-order valence-corrected chi connectivity index (χ1v) is 9.92. The smallest absolute Gasteiger partial charge is 0.327 e. The highest BCUT2D eigenvalue weighted by molar-refractivity contribution is 7.80. The topological polar surface area (TPSA) is 171 Å². The third kappa shape index (κ3) is 8.01. The SMILES string of the molecule is CC(NC(=O)C(NC(=O)C(N)Cc1ccccc1)C(C)O)C(=O)NC(CS)C(=O)O. The van der Waals surface area contributed by atoms with Crippen LogP contribution >= 0.6 is 12.6 Å². The van der Waals surface area contributed by atoms with E-state index in [-0.39, 0.29) is 12.2 Å². The van der Waals surface area contributed by atoms with Gasteiger partial charge < -0.3 is 31.9 Å². The maximum Gasteiger partial charge on any atom is 0.327 e. The van der Waals surface area contributed by atoms with Crippen molar-refractivity contribution < 1.29 is 29.4 Å². The van der Waals surface area contributed by atoms with Gasteiger partial charge >= 0.3 is 5.97 Å². The minimum atomic E-state index is -1.35. The molecule has 5 atom stereocenters. The number of aliphatic carboxylic acids is 1. The summed E-state index contributed by atoms with van der Waals surface area (Å²) < 4.78 is 0. The highest BCUT2D eigenvalue weighted by Crippen LogP contribution is 2.03. The van der Waals surface area contributed by atoms with Crippen LogP contribution in [0.2, 0.25) is 0 Å². The monoisotopic (exact) mass is 440 g/mol. The van der Waals surface area contributed by atoms with Gasteiger partial charge in [0.1, 0.15) is 18.1 Å². The number of thiol groups is 1. The average molecular weight is 441 g/mol. The molecule has 0 bridgehead atoms. The highest BCUT2D eigenvalue weighted by atomic mass is 32.1. The lowest BCUT2D eigenvalue weighted by Crippen LogP contribution is -2.59. The summed E-state index contributed by atoms with van der Waals surface area (Å²) in [6.45, 7) is 2.64. The van der Waals surface area contributed by atoms with Crippen molar-refractivity contribution in [2.75, 3.05) is 5.75 Å². The Morgan fingerprint density at radius 1 is 1.00 bits per heavy atom. The molecule has 10 nitrogen and oxygen atoms in total. The van der Waals surface area contributed by atoms with Gasteiger partial charge in [-0.15, -0.1) is 0 Å². The van der Waals surface area contributed by atoms with Crippen molar-refractivity contribution in [3.8, 4) is 0 Å².